The van der Waals surface area contributed by atoms with Crippen LogP contribution in [0.2, 0.25) is 5.02 Å². The van der Waals surface area contributed by atoms with Crippen molar-refractivity contribution in [1.82, 2.24) is 10.3 Å². The van der Waals surface area contributed by atoms with Gasteiger partial charge in [-0.05, 0) is 45.0 Å². The molecule has 1 heterocycles. The number of amides is 1. The van der Waals surface area contributed by atoms with Crippen molar-refractivity contribution in [3.63, 3.8) is 0 Å². The van der Waals surface area contributed by atoms with Gasteiger partial charge in [-0.3, -0.25) is 4.98 Å². The Morgan fingerprint density at radius 3 is 2.86 bits per heavy atom. The third-order valence-electron chi connectivity index (χ3n) is 2.64. The first-order valence-electron chi connectivity index (χ1n) is 6.85. The molecule has 2 rings (SSSR count). The van der Waals surface area contributed by atoms with Gasteiger partial charge in [0.25, 0.3) is 0 Å². The molecule has 1 amide bonds. The summed E-state index contributed by atoms with van der Waals surface area (Å²) in [6, 6.07) is 7.36. The van der Waals surface area contributed by atoms with Crippen LogP contribution in [0.1, 0.15) is 26.3 Å². The molecule has 0 saturated heterocycles. The number of hydrogen-bond donors (Lipinski definition) is 1. The van der Waals surface area contributed by atoms with E-state index in [4.69, 9.17) is 16.3 Å². The molecule has 0 unspecified atom stereocenters. The molecule has 2 aromatic rings. The zero-order valence-electron chi connectivity index (χ0n) is 12.7. The Bertz CT molecular complexity index is 755. The molecule has 0 spiro atoms. The number of carbonyl (C=O) groups is 1. The topological polar surface area (TPSA) is 51.2 Å². The normalized spacial score (nSPS) is 10.7. The van der Waals surface area contributed by atoms with Gasteiger partial charge in [-0.2, -0.15) is 0 Å². The Balaban J connectivity index is 2.00. The molecule has 0 saturated carbocycles. The lowest BCUT2D eigenvalue weighted by Gasteiger charge is -2.18. The minimum Gasteiger partial charge on any atom is -0.444 e. The van der Waals surface area contributed by atoms with Gasteiger partial charge in [-0.25, -0.2) is 4.79 Å². The predicted molar refractivity (Wildman–Crippen MR) is 87.9 cm³/mol. The summed E-state index contributed by atoms with van der Waals surface area (Å²) in [5.74, 6) is 5.85. The van der Waals surface area contributed by atoms with Crippen LogP contribution < -0.4 is 5.32 Å². The lowest BCUT2D eigenvalue weighted by molar-refractivity contribution is 0.0535. The highest BCUT2D eigenvalue weighted by atomic mass is 35.5. The van der Waals surface area contributed by atoms with E-state index in [-0.39, 0.29) is 6.54 Å². The van der Waals surface area contributed by atoms with Crippen molar-refractivity contribution in [2.45, 2.75) is 26.4 Å². The number of carbonyl (C=O) groups excluding carboxylic acids is 1. The van der Waals surface area contributed by atoms with Crippen molar-refractivity contribution in [2.75, 3.05) is 6.54 Å². The van der Waals surface area contributed by atoms with Gasteiger partial charge >= 0.3 is 6.09 Å². The van der Waals surface area contributed by atoms with Crippen molar-refractivity contribution in [2.24, 2.45) is 0 Å². The first-order valence-corrected chi connectivity index (χ1v) is 7.23. The van der Waals surface area contributed by atoms with E-state index in [1.165, 1.54) is 0 Å². The summed E-state index contributed by atoms with van der Waals surface area (Å²) in [4.78, 5) is 15.7. The summed E-state index contributed by atoms with van der Waals surface area (Å²) in [5.41, 5.74) is 1.12. The second-order valence-corrected chi connectivity index (χ2v) is 6.09. The van der Waals surface area contributed by atoms with Gasteiger partial charge in [0.1, 0.15) is 5.60 Å². The molecule has 114 valence electrons. The summed E-state index contributed by atoms with van der Waals surface area (Å²) in [6.45, 7) is 5.65. The largest absolute Gasteiger partial charge is 0.444 e. The average molecular weight is 317 g/mol. The molecule has 1 N–H and O–H groups in total. The van der Waals surface area contributed by atoms with Crippen molar-refractivity contribution in [1.29, 1.82) is 0 Å². The first-order chi connectivity index (χ1) is 10.3. The standard InChI is InChI=1S/C17H17ClN2O2/c1-17(2,3)22-16(21)20-9-4-5-12-6-7-15-13(11-12)14(18)8-10-19-15/h6-8,10-11H,9H2,1-3H3,(H,20,21). The molecule has 0 bridgehead atoms. The number of aromatic nitrogens is 1. The molecule has 0 aliphatic rings. The van der Waals surface area contributed by atoms with E-state index < -0.39 is 11.7 Å². The second-order valence-electron chi connectivity index (χ2n) is 5.68. The van der Waals surface area contributed by atoms with Crippen LogP contribution in [0.3, 0.4) is 0 Å². The zero-order chi connectivity index (χ0) is 16.2. The van der Waals surface area contributed by atoms with E-state index in [1.807, 2.05) is 39.0 Å². The van der Waals surface area contributed by atoms with E-state index in [2.05, 4.69) is 22.1 Å². The summed E-state index contributed by atoms with van der Waals surface area (Å²) in [6.07, 6.45) is 1.19. The van der Waals surface area contributed by atoms with E-state index in [9.17, 15) is 4.79 Å². The molecule has 22 heavy (non-hydrogen) atoms. The molecule has 0 aliphatic heterocycles. The molecule has 1 aromatic heterocycles. The maximum Gasteiger partial charge on any atom is 0.408 e. The average Bonchev–Trinajstić information content (AvgIpc) is 2.42. The summed E-state index contributed by atoms with van der Waals surface area (Å²) in [5, 5.41) is 4.08. The quantitative estimate of drug-likeness (QED) is 0.815. The van der Waals surface area contributed by atoms with Crippen molar-refractivity contribution in [3.8, 4) is 11.8 Å². The molecule has 0 atom stereocenters. The van der Waals surface area contributed by atoms with Gasteiger partial charge < -0.3 is 10.1 Å². The van der Waals surface area contributed by atoms with E-state index in [0.29, 0.717) is 5.02 Å². The van der Waals surface area contributed by atoms with Crippen molar-refractivity contribution in [3.05, 3.63) is 41.0 Å². The molecular formula is C17H17ClN2O2. The highest BCUT2D eigenvalue weighted by Gasteiger charge is 2.14. The Morgan fingerprint density at radius 1 is 1.36 bits per heavy atom. The molecule has 0 radical (unpaired) electrons. The molecule has 1 aromatic carbocycles. The number of halogens is 1. The Hall–Kier alpha value is -2.25. The Kier molecular flexibility index (Phi) is 4.89. The maximum atomic E-state index is 11.5. The van der Waals surface area contributed by atoms with Crippen molar-refractivity contribution < 1.29 is 9.53 Å². The summed E-state index contributed by atoms with van der Waals surface area (Å²) in [7, 11) is 0. The van der Waals surface area contributed by atoms with Crippen LogP contribution >= 0.6 is 11.6 Å². The third kappa shape index (κ3) is 4.64. The smallest absolute Gasteiger partial charge is 0.408 e. The van der Waals surface area contributed by atoms with Gasteiger partial charge in [0, 0.05) is 17.1 Å². The highest BCUT2D eigenvalue weighted by Crippen LogP contribution is 2.22. The number of pyridine rings is 1. The second kappa shape index (κ2) is 6.67. The minimum absolute atomic E-state index is 0.216. The molecule has 5 heteroatoms. The molecule has 4 nitrogen and oxygen atoms in total. The van der Waals surface area contributed by atoms with Gasteiger partial charge in [0.2, 0.25) is 0 Å². The van der Waals surface area contributed by atoms with Crippen LogP contribution in [-0.2, 0) is 4.74 Å². The SMILES string of the molecule is CC(C)(C)OC(=O)NCC#Cc1ccc2nccc(Cl)c2c1. The van der Waals surface area contributed by atoms with Gasteiger partial charge in [0.05, 0.1) is 17.1 Å². The van der Waals surface area contributed by atoms with Crippen molar-refractivity contribution >= 4 is 28.6 Å². The van der Waals surface area contributed by atoms with Crippen LogP contribution in [0, 0.1) is 11.8 Å². The number of rotatable bonds is 1. The number of ether oxygens (including phenoxy) is 1. The predicted octanol–water partition coefficient (Wildman–Crippen LogP) is 3.76. The third-order valence-corrected chi connectivity index (χ3v) is 2.97. The number of hydrogen-bond acceptors (Lipinski definition) is 3. The van der Waals surface area contributed by atoms with Crippen LogP contribution in [0.5, 0.6) is 0 Å². The van der Waals surface area contributed by atoms with E-state index >= 15 is 0 Å². The minimum atomic E-state index is -0.514. The number of benzene rings is 1. The number of alkyl carbamates (subject to hydrolysis) is 1. The molecule has 0 aliphatic carbocycles. The van der Waals surface area contributed by atoms with Gasteiger partial charge in [-0.15, -0.1) is 0 Å². The first kappa shape index (κ1) is 16.1. The molecular weight excluding hydrogens is 300 g/mol. The number of nitrogens with one attached hydrogen (secondary N) is 1. The summed E-state index contributed by atoms with van der Waals surface area (Å²) < 4.78 is 5.12. The maximum absolute atomic E-state index is 11.5. The number of fused-ring (bicyclic) bond motifs is 1. The van der Waals surface area contributed by atoms with Crippen LogP contribution in [0.25, 0.3) is 10.9 Å². The Morgan fingerprint density at radius 2 is 2.14 bits per heavy atom. The summed E-state index contributed by atoms with van der Waals surface area (Å²) >= 11 is 6.13. The van der Waals surface area contributed by atoms with Crippen LogP contribution in [0.4, 0.5) is 4.79 Å². The van der Waals surface area contributed by atoms with Gasteiger partial charge in [0.15, 0.2) is 0 Å². The fraction of sp³-hybridized carbons (Fsp3) is 0.294. The lowest BCUT2D eigenvalue weighted by Crippen LogP contribution is -2.32. The van der Waals surface area contributed by atoms with E-state index in [0.717, 1.165) is 16.5 Å². The highest BCUT2D eigenvalue weighted by molar-refractivity contribution is 6.35. The fourth-order valence-corrected chi connectivity index (χ4v) is 1.97. The van der Waals surface area contributed by atoms with E-state index in [1.54, 1.807) is 12.3 Å². The fourth-order valence-electron chi connectivity index (χ4n) is 1.77. The van der Waals surface area contributed by atoms with Crippen LogP contribution in [-0.4, -0.2) is 23.2 Å². The molecule has 0 fully saturated rings. The lowest BCUT2D eigenvalue weighted by atomic mass is 10.1. The monoisotopic (exact) mass is 316 g/mol. The number of nitrogens with zero attached hydrogens (tertiary/aromatic N) is 1. The van der Waals surface area contributed by atoms with Gasteiger partial charge in [-0.1, -0.05) is 23.4 Å². The van der Waals surface area contributed by atoms with Crippen LogP contribution in [0.15, 0.2) is 30.5 Å². The Labute approximate surface area is 134 Å². The zero-order valence-corrected chi connectivity index (χ0v) is 13.5.